The number of hydrogen-bond acceptors (Lipinski definition) is 5. The van der Waals surface area contributed by atoms with E-state index < -0.39 is 18.2 Å². The minimum absolute atomic E-state index is 0.0467. The minimum atomic E-state index is -0.821. The summed E-state index contributed by atoms with van der Waals surface area (Å²) in [5.74, 6) is -0.622. The molecule has 3 unspecified atom stereocenters. The number of ether oxygens (including phenoxy) is 1. The summed E-state index contributed by atoms with van der Waals surface area (Å²) in [5, 5.41) is 23.8. The smallest absolute Gasteiger partial charge is 0.306 e. The van der Waals surface area contributed by atoms with E-state index in [1.54, 1.807) is 0 Å². The van der Waals surface area contributed by atoms with E-state index in [4.69, 9.17) is 4.74 Å². The van der Waals surface area contributed by atoms with E-state index in [-0.39, 0.29) is 24.9 Å². The van der Waals surface area contributed by atoms with Crippen molar-refractivity contribution in [1.29, 1.82) is 0 Å². The Kier molecular flexibility index (Phi) is 51.1. The number of nitrogens with one attached hydrogen (secondary N) is 1. The van der Waals surface area contributed by atoms with E-state index in [9.17, 15) is 19.8 Å². The molecule has 0 fully saturated rings. The number of hydrogen-bond donors (Lipinski definition) is 3. The summed E-state index contributed by atoms with van der Waals surface area (Å²) >= 11 is 0. The summed E-state index contributed by atoms with van der Waals surface area (Å²) in [5.41, 5.74) is 0. The Morgan fingerprint density at radius 1 is 0.455 bits per heavy atom. The van der Waals surface area contributed by atoms with Crippen LogP contribution in [0.1, 0.15) is 271 Å². The maximum absolute atomic E-state index is 13.2. The highest BCUT2D eigenvalue weighted by Gasteiger charge is 2.23. The highest BCUT2D eigenvalue weighted by atomic mass is 16.5. The van der Waals surface area contributed by atoms with Crippen molar-refractivity contribution in [2.24, 2.45) is 0 Å². The molecule has 6 heteroatoms. The van der Waals surface area contributed by atoms with Crippen molar-refractivity contribution in [2.75, 3.05) is 6.61 Å². The second-order valence-electron chi connectivity index (χ2n) is 19.0. The Morgan fingerprint density at radius 2 is 0.788 bits per heavy atom. The first-order valence-corrected chi connectivity index (χ1v) is 28.2. The normalized spacial score (nSPS) is 13.7. The molecule has 0 saturated heterocycles. The van der Waals surface area contributed by atoms with Gasteiger partial charge in [-0.3, -0.25) is 9.59 Å². The molecule has 0 aromatic carbocycles. The first-order chi connectivity index (χ1) is 32.5. The van der Waals surface area contributed by atoms with Crippen LogP contribution in [0.5, 0.6) is 0 Å². The van der Waals surface area contributed by atoms with Crippen LogP contribution >= 0.6 is 0 Å². The Labute approximate surface area is 409 Å². The number of carbonyl (C=O) groups excluding carboxylic acids is 2. The molecule has 0 aromatic heterocycles. The molecule has 0 radical (unpaired) electrons. The van der Waals surface area contributed by atoms with Gasteiger partial charge in [0.2, 0.25) is 5.91 Å². The van der Waals surface area contributed by atoms with E-state index in [1.165, 1.54) is 154 Å². The standard InChI is InChI=1S/C60H107NO5/c1-4-7-10-13-16-19-22-25-28-29-32-33-36-39-42-45-48-51-56(66-60(65)53-50-47-44-41-38-35-31-27-24-21-18-15-12-9-6-3)54-59(64)61-57(55-62)58(63)52-49-46-43-40-37-34-30-26-23-20-17-14-11-8-5-2/h7,10,16,19,25,28,32-33,39,42,48,51,56-58,62-63H,4-6,8-9,11-15,17-18,20-24,26-27,29-31,34-38,40-41,43-47,49-50,52-55H2,1-3H3,(H,61,64)/b10-7-,19-16-,28-25-,33-32-,42-39-,51-48-. The summed E-state index contributed by atoms with van der Waals surface area (Å²) in [7, 11) is 0. The van der Waals surface area contributed by atoms with E-state index >= 15 is 0 Å². The number of rotatable bonds is 50. The van der Waals surface area contributed by atoms with Gasteiger partial charge in [-0.25, -0.2) is 0 Å². The van der Waals surface area contributed by atoms with Crippen LogP contribution in [0, 0.1) is 0 Å². The van der Waals surface area contributed by atoms with Crippen LogP contribution in [0.3, 0.4) is 0 Å². The number of carbonyl (C=O) groups is 2. The first kappa shape index (κ1) is 63.3. The minimum Gasteiger partial charge on any atom is -0.458 e. The average molecular weight is 923 g/mol. The second-order valence-corrected chi connectivity index (χ2v) is 19.0. The fourth-order valence-electron chi connectivity index (χ4n) is 8.31. The SMILES string of the molecule is CC/C=C\C/C=C\C/C=C\C/C=C\C/C=C\C/C=C\C(CC(=O)NC(CO)C(O)CCCCCCCCCCCCCCCCC)OC(=O)CCCCCCCCCCCCCCCCC. The van der Waals surface area contributed by atoms with Crippen molar-refractivity contribution in [3.63, 3.8) is 0 Å². The third-order valence-electron chi connectivity index (χ3n) is 12.5. The van der Waals surface area contributed by atoms with Crippen LogP contribution < -0.4 is 5.32 Å². The number of aliphatic hydroxyl groups excluding tert-OH is 2. The van der Waals surface area contributed by atoms with Gasteiger partial charge < -0.3 is 20.3 Å². The predicted octanol–water partition coefficient (Wildman–Crippen LogP) is 17.3. The predicted molar refractivity (Wildman–Crippen MR) is 287 cm³/mol. The zero-order valence-electron chi connectivity index (χ0n) is 43.6. The van der Waals surface area contributed by atoms with Crippen molar-refractivity contribution >= 4 is 11.9 Å². The molecule has 0 aliphatic heterocycles. The van der Waals surface area contributed by atoms with Crippen LogP contribution in [0.4, 0.5) is 0 Å². The Morgan fingerprint density at radius 3 is 1.15 bits per heavy atom. The largest absolute Gasteiger partial charge is 0.458 e. The summed E-state index contributed by atoms with van der Waals surface area (Å²) < 4.78 is 5.84. The molecule has 6 nitrogen and oxygen atoms in total. The topological polar surface area (TPSA) is 95.9 Å². The quantitative estimate of drug-likeness (QED) is 0.0321. The van der Waals surface area contributed by atoms with Gasteiger partial charge in [0.25, 0.3) is 0 Å². The van der Waals surface area contributed by atoms with Gasteiger partial charge in [0, 0.05) is 6.42 Å². The number of esters is 1. The van der Waals surface area contributed by atoms with Gasteiger partial charge in [-0.15, -0.1) is 0 Å². The Balaban J connectivity index is 4.72. The lowest BCUT2D eigenvalue weighted by atomic mass is 10.0. The maximum Gasteiger partial charge on any atom is 0.306 e. The number of aliphatic hydroxyl groups is 2. The molecule has 3 N–H and O–H groups in total. The maximum atomic E-state index is 13.2. The Hall–Kier alpha value is -2.70. The van der Waals surface area contributed by atoms with Gasteiger partial charge in [-0.1, -0.05) is 274 Å². The second kappa shape index (κ2) is 53.3. The summed E-state index contributed by atoms with van der Waals surface area (Å²) in [6, 6.07) is -0.744. The molecule has 3 atom stereocenters. The van der Waals surface area contributed by atoms with Crippen LogP contribution in [-0.4, -0.2) is 46.9 Å². The fraction of sp³-hybridized carbons (Fsp3) is 0.767. The van der Waals surface area contributed by atoms with Gasteiger partial charge in [-0.2, -0.15) is 0 Å². The third-order valence-corrected chi connectivity index (χ3v) is 12.5. The molecule has 0 spiro atoms. The number of allylic oxidation sites excluding steroid dienone is 11. The van der Waals surface area contributed by atoms with Crippen molar-refractivity contribution in [3.05, 3.63) is 72.9 Å². The van der Waals surface area contributed by atoms with Crippen molar-refractivity contribution < 1.29 is 24.5 Å². The first-order valence-electron chi connectivity index (χ1n) is 28.2. The molecule has 0 bridgehead atoms. The molecule has 382 valence electrons. The van der Waals surface area contributed by atoms with E-state index in [0.29, 0.717) is 19.3 Å². The van der Waals surface area contributed by atoms with E-state index in [2.05, 4.69) is 86.8 Å². The molecule has 0 rings (SSSR count). The van der Waals surface area contributed by atoms with Crippen molar-refractivity contribution in [2.45, 2.75) is 289 Å². The van der Waals surface area contributed by atoms with Crippen LogP contribution in [-0.2, 0) is 14.3 Å². The van der Waals surface area contributed by atoms with Crippen LogP contribution in [0.2, 0.25) is 0 Å². The lowest BCUT2D eigenvalue weighted by molar-refractivity contribution is -0.148. The van der Waals surface area contributed by atoms with Gasteiger partial charge in [0.05, 0.1) is 25.2 Å². The summed E-state index contributed by atoms with van der Waals surface area (Å²) in [4.78, 5) is 26.2. The van der Waals surface area contributed by atoms with Gasteiger partial charge in [0.1, 0.15) is 6.10 Å². The number of unbranched alkanes of at least 4 members (excludes halogenated alkanes) is 28. The van der Waals surface area contributed by atoms with Crippen molar-refractivity contribution in [3.8, 4) is 0 Å². The molecule has 0 aromatic rings. The van der Waals surface area contributed by atoms with Crippen LogP contribution in [0.25, 0.3) is 0 Å². The van der Waals surface area contributed by atoms with Gasteiger partial charge in [-0.05, 0) is 57.4 Å². The van der Waals surface area contributed by atoms with E-state index in [0.717, 1.165) is 70.6 Å². The number of amides is 1. The molecule has 0 saturated carbocycles. The summed E-state index contributed by atoms with van der Waals surface area (Å²) in [6.07, 6.45) is 68.5. The zero-order valence-corrected chi connectivity index (χ0v) is 43.6. The lowest BCUT2D eigenvalue weighted by Gasteiger charge is -2.23. The summed E-state index contributed by atoms with van der Waals surface area (Å²) in [6.45, 7) is 6.36. The monoisotopic (exact) mass is 922 g/mol. The fourth-order valence-corrected chi connectivity index (χ4v) is 8.31. The highest BCUT2D eigenvalue weighted by Crippen LogP contribution is 2.17. The van der Waals surface area contributed by atoms with Gasteiger partial charge >= 0.3 is 5.97 Å². The molecule has 1 amide bonds. The third kappa shape index (κ3) is 47.8. The Bertz CT molecular complexity index is 1220. The molecule has 0 heterocycles. The average Bonchev–Trinajstić information content (AvgIpc) is 3.31. The van der Waals surface area contributed by atoms with Gasteiger partial charge in [0.15, 0.2) is 0 Å². The molecule has 66 heavy (non-hydrogen) atoms. The highest BCUT2D eigenvalue weighted by molar-refractivity contribution is 5.78. The van der Waals surface area contributed by atoms with Crippen molar-refractivity contribution in [1.82, 2.24) is 5.32 Å². The zero-order chi connectivity index (χ0) is 48.1. The van der Waals surface area contributed by atoms with E-state index in [1.807, 2.05) is 12.2 Å². The molecule has 0 aliphatic carbocycles. The lowest BCUT2D eigenvalue weighted by Crippen LogP contribution is -2.46. The molecular formula is C60H107NO5. The molecule has 0 aliphatic rings. The molecular weight excluding hydrogens is 815 g/mol. The van der Waals surface area contributed by atoms with Crippen LogP contribution in [0.15, 0.2) is 72.9 Å².